The zero-order chi connectivity index (χ0) is 22.1. The Bertz CT molecular complexity index is 1070. The Kier molecular flexibility index (Phi) is 6.16. The molecule has 3 rings (SSSR count). The van der Waals surface area contributed by atoms with Crippen LogP contribution >= 0.6 is 11.6 Å². The quantitative estimate of drug-likeness (QED) is 0.489. The first-order chi connectivity index (χ1) is 14.0. The molecule has 11 heteroatoms. The van der Waals surface area contributed by atoms with Crippen molar-refractivity contribution in [3.8, 4) is 11.4 Å². The molecule has 1 atom stereocenters. The number of rotatable bonds is 6. The predicted octanol–water partition coefficient (Wildman–Crippen LogP) is 4.53. The van der Waals surface area contributed by atoms with E-state index in [0.717, 1.165) is 11.7 Å². The molecule has 2 aromatic heterocycles. The number of fused-ring (bicyclic) bond motifs is 1. The molecule has 0 radical (unpaired) electrons. The Balaban J connectivity index is 1.90. The van der Waals surface area contributed by atoms with Crippen molar-refractivity contribution >= 4 is 34.2 Å². The molecule has 0 aliphatic rings. The van der Waals surface area contributed by atoms with E-state index < -0.39 is 36.4 Å². The first-order valence-corrected chi connectivity index (χ1v) is 9.33. The summed E-state index contributed by atoms with van der Waals surface area (Å²) in [7, 11) is 0. The molecular weight excluding hydrogens is 426 g/mol. The van der Waals surface area contributed by atoms with Gasteiger partial charge in [0.1, 0.15) is 12.6 Å². The number of nitrogens with one attached hydrogen (secondary N) is 3. The number of carbonyl (C=O) groups is 1. The number of nitrogens with zero attached hydrogens (tertiary/aromatic N) is 2. The van der Waals surface area contributed by atoms with Crippen LogP contribution in [0.3, 0.4) is 0 Å². The molecule has 1 aromatic carbocycles. The minimum absolute atomic E-state index is 0.158. The van der Waals surface area contributed by atoms with E-state index in [0.29, 0.717) is 16.0 Å². The second-order valence-corrected chi connectivity index (χ2v) is 7.42. The molecule has 0 fully saturated rings. The highest BCUT2D eigenvalue weighted by Crippen LogP contribution is 2.29. The Morgan fingerprint density at radius 2 is 2.03 bits per heavy atom. The summed E-state index contributed by atoms with van der Waals surface area (Å²) in [5.41, 5.74) is 1.32. The van der Waals surface area contributed by atoms with Gasteiger partial charge in [-0.2, -0.15) is 13.2 Å². The van der Waals surface area contributed by atoms with Crippen molar-refractivity contribution in [2.45, 2.75) is 26.1 Å². The van der Waals surface area contributed by atoms with E-state index in [2.05, 4.69) is 20.3 Å². The molecule has 30 heavy (non-hydrogen) atoms. The topological polar surface area (TPSA) is 82.7 Å². The summed E-state index contributed by atoms with van der Waals surface area (Å²) in [6.45, 7) is 1.75. The molecule has 0 unspecified atom stereocenters. The predicted molar refractivity (Wildman–Crippen MR) is 106 cm³/mol. The van der Waals surface area contributed by atoms with Crippen LogP contribution in [0.2, 0.25) is 5.02 Å². The fourth-order valence-electron chi connectivity index (χ4n) is 2.86. The van der Waals surface area contributed by atoms with Gasteiger partial charge in [-0.3, -0.25) is 4.79 Å². The van der Waals surface area contributed by atoms with E-state index in [1.54, 1.807) is 43.6 Å². The van der Waals surface area contributed by atoms with Gasteiger partial charge in [0.2, 0.25) is 5.91 Å². The van der Waals surface area contributed by atoms with Crippen molar-refractivity contribution in [2.75, 3.05) is 11.9 Å². The number of amides is 1. The largest absolute Gasteiger partial charge is 0.405 e. The molecule has 0 bridgehead atoms. The molecule has 0 saturated carbocycles. The molecule has 0 aliphatic carbocycles. The van der Waals surface area contributed by atoms with Crippen LogP contribution < -0.4 is 10.6 Å². The maximum atomic E-state index is 14.3. The molecule has 3 aromatic rings. The SMILES string of the molecule is CC(C)[C@@H](Nc1nc(-c2c[nH]c3ccc(Cl)cc23)ncc1F)C(=O)NCC(F)(F)F. The number of alkyl halides is 3. The van der Waals surface area contributed by atoms with Crippen LogP contribution in [0.5, 0.6) is 0 Å². The number of halogens is 5. The molecule has 160 valence electrons. The standard InChI is InChI=1S/C19H18ClF4N5O/c1-9(2)15(18(30)27-8-19(22,23)24)28-17-13(21)7-26-16(29-17)12-6-25-14-4-3-10(20)5-11(12)14/h3-7,9,15,25H,8H2,1-2H3,(H,27,30)(H,26,28,29)/t15-/m1/s1. The number of carbonyl (C=O) groups excluding carboxylic acids is 1. The van der Waals surface area contributed by atoms with Crippen LogP contribution in [0.4, 0.5) is 23.4 Å². The van der Waals surface area contributed by atoms with Crippen LogP contribution in [0.15, 0.2) is 30.6 Å². The molecule has 1 amide bonds. The van der Waals surface area contributed by atoms with Gasteiger partial charge in [0.25, 0.3) is 0 Å². The molecular formula is C19H18ClF4N5O. The van der Waals surface area contributed by atoms with Gasteiger partial charge in [0.05, 0.1) is 6.20 Å². The lowest BCUT2D eigenvalue weighted by molar-refractivity contribution is -0.139. The van der Waals surface area contributed by atoms with Crippen LogP contribution in [0, 0.1) is 11.7 Å². The third-order valence-corrected chi connectivity index (χ3v) is 4.57. The average Bonchev–Trinajstić information content (AvgIpc) is 3.07. The summed E-state index contributed by atoms with van der Waals surface area (Å²) in [6, 6.07) is 4.03. The highest BCUT2D eigenvalue weighted by Gasteiger charge is 2.31. The van der Waals surface area contributed by atoms with Crippen molar-refractivity contribution in [2.24, 2.45) is 5.92 Å². The summed E-state index contributed by atoms with van der Waals surface area (Å²) in [4.78, 5) is 23.4. The normalized spacial score (nSPS) is 12.9. The van der Waals surface area contributed by atoms with Gasteiger partial charge in [0, 0.05) is 27.7 Å². The van der Waals surface area contributed by atoms with E-state index in [9.17, 15) is 22.4 Å². The molecule has 6 nitrogen and oxygen atoms in total. The number of hydrogen-bond donors (Lipinski definition) is 3. The third-order valence-electron chi connectivity index (χ3n) is 4.33. The number of H-pyrrole nitrogens is 1. The fourth-order valence-corrected chi connectivity index (χ4v) is 3.03. The van der Waals surface area contributed by atoms with Gasteiger partial charge in [-0.05, 0) is 24.1 Å². The van der Waals surface area contributed by atoms with Crippen molar-refractivity contribution in [1.29, 1.82) is 0 Å². The number of benzene rings is 1. The van der Waals surface area contributed by atoms with E-state index in [1.807, 2.05) is 0 Å². The Morgan fingerprint density at radius 1 is 1.30 bits per heavy atom. The second-order valence-electron chi connectivity index (χ2n) is 6.98. The smallest absolute Gasteiger partial charge is 0.360 e. The Labute approximate surface area is 174 Å². The monoisotopic (exact) mass is 443 g/mol. The van der Waals surface area contributed by atoms with Crippen molar-refractivity contribution < 1.29 is 22.4 Å². The van der Waals surface area contributed by atoms with Crippen molar-refractivity contribution in [3.05, 3.63) is 41.4 Å². The first kappa shape index (κ1) is 21.8. The molecule has 0 aliphatic heterocycles. The lowest BCUT2D eigenvalue weighted by atomic mass is 10.0. The Hall–Kier alpha value is -2.88. The highest BCUT2D eigenvalue weighted by atomic mass is 35.5. The number of anilines is 1. The van der Waals surface area contributed by atoms with E-state index in [-0.39, 0.29) is 11.6 Å². The van der Waals surface area contributed by atoms with Gasteiger partial charge in [-0.15, -0.1) is 0 Å². The highest BCUT2D eigenvalue weighted by molar-refractivity contribution is 6.31. The average molecular weight is 444 g/mol. The van der Waals surface area contributed by atoms with Crippen molar-refractivity contribution in [3.63, 3.8) is 0 Å². The Morgan fingerprint density at radius 3 is 2.70 bits per heavy atom. The number of aromatic nitrogens is 3. The summed E-state index contributed by atoms with van der Waals surface area (Å²) < 4.78 is 51.6. The van der Waals surface area contributed by atoms with Crippen LogP contribution in [-0.4, -0.2) is 39.6 Å². The molecule has 0 saturated heterocycles. The number of aromatic amines is 1. The zero-order valence-corrected chi connectivity index (χ0v) is 16.7. The second kappa shape index (κ2) is 8.47. The van der Waals surface area contributed by atoms with Gasteiger partial charge in [-0.1, -0.05) is 25.4 Å². The summed E-state index contributed by atoms with van der Waals surface area (Å²) >= 11 is 6.04. The van der Waals surface area contributed by atoms with E-state index in [1.165, 1.54) is 0 Å². The molecule has 3 N–H and O–H groups in total. The minimum atomic E-state index is -4.55. The zero-order valence-electron chi connectivity index (χ0n) is 15.9. The first-order valence-electron chi connectivity index (χ1n) is 8.95. The summed E-state index contributed by atoms with van der Waals surface area (Å²) in [5, 5.41) is 5.61. The maximum Gasteiger partial charge on any atom is 0.405 e. The van der Waals surface area contributed by atoms with Gasteiger partial charge in [-0.25, -0.2) is 14.4 Å². The third kappa shape index (κ3) is 4.99. The van der Waals surface area contributed by atoms with Gasteiger partial charge < -0.3 is 15.6 Å². The molecule has 2 heterocycles. The lowest BCUT2D eigenvalue weighted by Gasteiger charge is -2.23. The van der Waals surface area contributed by atoms with Gasteiger partial charge in [0.15, 0.2) is 17.5 Å². The van der Waals surface area contributed by atoms with Crippen molar-refractivity contribution in [1.82, 2.24) is 20.3 Å². The number of hydrogen-bond acceptors (Lipinski definition) is 4. The van der Waals surface area contributed by atoms with E-state index >= 15 is 0 Å². The van der Waals surface area contributed by atoms with Gasteiger partial charge >= 0.3 is 6.18 Å². The maximum absolute atomic E-state index is 14.3. The molecule has 0 spiro atoms. The fraction of sp³-hybridized carbons (Fsp3) is 0.316. The van der Waals surface area contributed by atoms with Crippen LogP contribution in [-0.2, 0) is 4.79 Å². The summed E-state index contributed by atoms with van der Waals surface area (Å²) in [6.07, 6.45) is -1.99. The lowest BCUT2D eigenvalue weighted by Crippen LogP contribution is -2.46. The van der Waals surface area contributed by atoms with Crippen LogP contribution in [0.1, 0.15) is 13.8 Å². The van der Waals surface area contributed by atoms with Crippen LogP contribution in [0.25, 0.3) is 22.3 Å². The summed E-state index contributed by atoms with van der Waals surface area (Å²) in [5.74, 6) is -2.34. The van der Waals surface area contributed by atoms with E-state index in [4.69, 9.17) is 11.6 Å². The minimum Gasteiger partial charge on any atom is -0.360 e.